The average Bonchev–Trinajstić information content (AvgIpc) is 2.98. The second-order valence-electron chi connectivity index (χ2n) is 6.71. The van der Waals surface area contributed by atoms with Crippen molar-refractivity contribution in [2.24, 2.45) is 11.7 Å². The van der Waals surface area contributed by atoms with Crippen molar-refractivity contribution in [2.75, 3.05) is 18.8 Å². The van der Waals surface area contributed by atoms with Crippen LogP contribution < -0.4 is 11.3 Å². The fourth-order valence-electron chi connectivity index (χ4n) is 3.62. The largest absolute Gasteiger partial charge is 0.369 e. The molecule has 2 aliphatic rings. The Morgan fingerprint density at radius 1 is 1.32 bits per heavy atom. The van der Waals surface area contributed by atoms with Crippen molar-refractivity contribution < 1.29 is 9.59 Å². The van der Waals surface area contributed by atoms with E-state index in [0.29, 0.717) is 49.7 Å². The van der Waals surface area contributed by atoms with Crippen LogP contribution in [0.5, 0.6) is 0 Å². The van der Waals surface area contributed by atoms with Crippen LogP contribution >= 0.6 is 11.8 Å². The molecule has 0 aliphatic carbocycles. The smallest absolute Gasteiger partial charge is 0.257 e. The molecule has 1 saturated heterocycles. The molecule has 136 valence electrons. The molecule has 8 heteroatoms. The second kappa shape index (κ2) is 7.19. The highest BCUT2D eigenvalue weighted by molar-refractivity contribution is 7.99. The molecule has 1 atom stereocenters. The van der Waals surface area contributed by atoms with Crippen LogP contribution in [0.2, 0.25) is 0 Å². The number of aromatic nitrogens is 2. The summed E-state index contributed by atoms with van der Waals surface area (Å²) in [5.41, 5.74) is 6.84. The molecule has 2 aliphatic heterocycles. The lowest BCUT2D eigenvalue weighted by Crippen LogP contribution is -2.42. The Hall–Kier alpha value is -1.83. The predicted molar refractivity (Wildman–Crippen MR) is 95.5 cm³/mol. The van der Waals surface area contributed by atoms with E-state index in [9.17, 15) is 14.4 Å². The van der Waals surface area contributed by atoms with E-state index in [2.05, 4.69) is 4.98 Å². The van der Waals surface area contributed by atoms with Crippen molar-refractivity contribution >= 4 is 23.6 Å². The first-order valence-corrected chi connectivity index (χ1v) is 9.72. The zero-order valence-corrected chi connectivity index (χ0v) is 15.5. The summed E-state index contributed by atoms with van der Waals surface area (Å²) in [6.45, 7) is 4.92. The van der Waals surface area contributed by atoms with Crippen LogP contribution in [-0.4, -0.2) is 45.1 Å². The van der Waals surface area contributed by atoms with E-state index >= 15 is 0 Å². The maximum absolute atomic E-state index is 12.7. The van der Waals surface area contributed by atoms with E-state index in [1.807, 2.05) is 13.8 Å². The minimum atomic E-state index is -0.284. The fourth-order valence-corrected chi connectivity index (χ4v) is 4.80. The average molecular weight is 364 g/mol. The van der Waals surface area contributed by atoms with E-state index in [-0.39, 0.29) is 29.3 Å². The zero-order valence-electron chi connectivity index (χ0n) is 14.7. The molecule has 1 aromatic heterocycles. The first kappa shape index (κ1) is 18.0. The first-order valence-electron chi connectivity index (χ1n) is 8.74. The molecule has 0 spiro atoms. The van der Waals surface area contributed by atoms with Gasteiger partial charge in [-0.2, -0.15) is 0 Å². The summed E-state index contributed by atoms with van der Waals surface area (Å²) in [5, 5.41) is 0.713. The molecule has 0 radical (unpaired) electrons. The molecule has 3 heterocycles. The number of primary amides is 1. The summed E-state index contributed by atoms with van der Waals surface area (Å²) >= 11 is 1.54. The number of nitrogens with two attached hydrogens (primary N) is 1. The summed E-state index contributed by atoms with van der Waals surface area (Å²) in [4.78, 5) is 42.9. The van der Waals surface area contributed by atoms with Crippen molar-refractivity contribution in [3.05, 3.63) is 21.6 Å². The molecule has 25 heavy (non-hydrogen) atoms. The number of likely N-dealkylation sites (tertiary alicyclic amines) is 1. The number of nitrogens with zero attached hydrogens (tertiary/aromatic N) is 3. The van der Waals surface area contributed by atoms with E-state index in [1.54, 1.807) is 9.47 Å². The predicted octanol–water partition coefficient (Wildman–Crippen LogP) is 0.875. The summed E-state index contributed by atoms with van der Waals surface area (Å²) in [6.07, 6.45) is 2.19. The second-order valence-corrected chi connectivity index (χ2v) is 7.70. The van der Waals surface area contributed by atoms with Crippen LogP contribution in [0.3, 0.4) is 0 Å². The summed E-state index contributed by atoms with van der Waals surface area (Å²) in [6, 6.07) is -0.146. The molecular formula is C17H24N4O3S. The summed E-state index contributed by atoms with van der Waals surface area (Å²) in [5.74, 6) is 0.312. The molecule has 1 unspecified atom stereocenters. The Balaban J connectivity index is 1.71. The van der Waals surface area contributed by atoms with Gasteiger partial charge in [-0.1, -0.05) is 18.7 Å². The number of aryl methyl sites for hydroxylation is 1. The molecule has 0 aromatic carbocycles. The quantitative estimate of drug-likeness (QED) is 0.800. The van der Waals surface area contributed by atoms with Gasteiger partial charge in [0.05, 0.1) is 6.04 Å². The van der Waals surface area contributed by atoms with Crippen molar-refractivity contribution in [3.63, 3.8) is 0 Å². The molecule has 2 N–H and O–H groups in total. The highest BCUT2D eigenvalue weighted by atomic mass is 32.2. The SMILES string of the molecule is CCc1c(C)nc2n(c1=O)C(CC(=O)N1CCC(C(N)=O)CC1)CS2. The monoisotopic (exact) mass is 364 g/mol. The van der Waals surface area contributed by atoms with Crippen molar-refractivity contribution in [1.29, 1.82) is 0 Å². The van der Waals surface area contributed by atoms with E-state index in [1.165, 1.54) is 11.8 Å². The van der Waals surface area contributed by atoms with E-state index in [0.717, 1.165) is 11.3 Å². The van der Waals surface area contributed by atoms with Crippen LogP contribution in [0.4, 0.5) is 0 Å². The summed E-state index contributed by atoms with van der Waals surface area (Å²) in [7, 11) is 0. The van der Waals surface area contributed by atoms with Gasteiger partial charge in [0.25, 0.3) is 5.56 Å². The normalized spacial score (nSPS) is 20.6. The number of hydrogen-bond donors (Lipinski definition) is 1. The lowest BCUT2D eigenvalue weighted by molar-refractivity contribution is -0.135. The standard InChI is InChI=1S/C17H24N4O3S/c1-3-13-10(2)19-17-21(16(13)24)12(9-25-17)8-14(22)20-6-4-11(5-7-20)15(18)23/h11-12H,3-9H2,1-2H3,(H2,18,23). The van der Waals surface area contributed by atoms with E-state index in [4.69, 9.17) is 5.73 Å². The van der Waals surface area contributed by atoms with Crippen LogP contribution in [0.1, 0.15) is 43.5 Å². The molecule has 1 fully saturated rings. The third-order valence-corrected chi connectivity index (χ3v) is 6.26. The Labute approximate surface area is 151 Å². The van der Waals surface area contributed by atoms with Gasteiger partial charge < -0.3 is 10.6 Å². The van der Waals surface area contributed by atoms with Gasteiger partial charge >= 0.3 is 0 Å². The van der Waals surface area contributed by atoms with Gasteiger partial charge in [0.1, 0.15) is 0 Å². The van der Waals surface area contributed by atoms with Crippen LogP contribution in [0.15, 0.2) is 9.95 Å². The molecule has 2 amide bonds. The van der Waals surface area contributed by atoms with Crippen molar-refractivity contribution in [2.45, 2.75) is 50.7 Å². The summed E-state index contributed by atoms with van der Waals surface area (Å²) < 4.78 is 1.70. The van der Waals surface area contributed by atoms with Gasteiger partial charge in [-0.15, -0.1) is 0 Å². The Bertz CT molecular complexity index is 753. The molecule has 0 bridgehead atoms. The Kier molecular flexibility index (Phi) is 5.17. The lowest BCUT2D eigenvalue weighted by Gasteiger charge is -2.31. The van der Waals surface area contributed by atoms with Gasteiger partial charge in [-0.05, 0) is 26.2 Å². The Morgan fingerprint density at radius 2 is 2.00 bits per heavy atom. The third-order valence-electron chi connectivity index (χ3n) is 5.17. The number of thioether (sulfide) groups is 1. The molecule has 1 aromatic rings. The van der Waals surface area contributed by atoms with Gasteiger partial charge in [0.15, 0.2) is 5.16 Å². The number of amides is 2. The molecule has 3 rings (SSSR count). The van der Waals surface area contributed by atoms with Gasteiger partial charge in [0, 0.05) is 42.4 Å². The lowest BCUT2D eigenvalue weighted by atomic mass is 9.96. The third kappa shape index (κ3) is 3.44. The first-order chi connectivity index (χ1) is 11.9. The van der Waals surface area contributed by atoms with Gasteiger partial charge in [0.2, 0.25) is 11.8 Å². The molecule has 0 saturated carbocycles. The van der Waals surface area contributed by atoms with Crippen LogP contribution in [-0.2, 0) is 16.0 Å². The number of piperidine rings is 1. The van der Waals surface area contributed by atoms with Gasteiger partial charge in [-0.25, -0.2) is 4.98 Å². The number of fused-ring (bicyclic) bond motifs is 1. The Morgan fingerprint density at radius 3 is 2.60 bits per heavy atom. The van der Waals surface area contributed by atoms with E-state index < -0.39 is 0 Å². The van der Waals surface area contributed by atoms with Crippen molar-refractivity contribution in [3.8, 4) is 0 Å². The minimum Gasteiger partial charge on any atom is -0.369 e. The molecule has 7 nitrogen and oxygen atoms in total. The fraction of sp³-hybridized carbons (Fsp3) is 0.647. The van der Waals surface area contributed by atoms with Gasteiger partial charge in [-0.3, -0.25) is 19.0 Å². The number of hydrogen-bond acceptors (Lipinski definition) is 5. The maximum Gasteiger partial charge on any atom is 0.257 e. The molecular weight excluding hydrogens is 340 g/mol. The zero-order chi connectivity index (χ0) is 18.1. The van der Waals surface area contributed by atoms with Crippen LogP contribution in [0, 0.1) is 12.8 Å². The minimum absolute atomic E-state index is 0.0137. The van der Waals surface area contributed by atoms with Crippen molar-refractivity contribution in [1.82, 2.24) is 14.5 Å². The number of rotatable bonds is 4. The topological polar surface area (TPSA) is 98.3 Å². The number of carbonyl (C=O) groups is 2. The maximum atomic E-state index is 12.7. The number of carbonyl (C=O) groups excluding carboxylic acids is 2. The highest BCUT2D eigenvalue weighted by Crippen LogP contribution is 2.33. The van der Waals surface area contributed by atoms with Crippen LogP contribution in [0.25, 0.3) is 0 Å². The highest BCUT2D eigenvalue weighted by Gasteiger charge is 2.32.